The number of ether oxygens (including phenoxy) is 3. The maximum Gasteiger partial charge on any atom is 0.336 e. The lowest BCUT2D eigenvalue weighted by molar-refractivity contribution is -0.138. The second kappa shape index (κ2) is 9.34. The summed E-state index contributed by atoms with van der Waals surface area (Å²) in [6.45, 7) is 1.63. The van der Waals surface area contributed by atoms with Crippen LogP contribution in [-0.4, -0.2) is 39.1 Å². The van der Waals surface area contributed by atoms with E-state index in [2.05, 4.69) is 5.32 Å². The third kappa shape index (κ3) is 4.37. The normalized spacial score (nSPS) is 16.1. The molecule has 0 aliphatic carbocycles. The monoisotopic (exact) mass is 424 g/mol. The van der Waals surface area contributed by atoms with Crippen LogP contribution in [0.1, 0.15) is 13.3 Å². The molecule has 1 heterocycles. The Hall–Kier alpha value is -3.81. The lowest BCUT2D eigenvalue weighted by Crippen LogP contribution is -2.43. The van der Waals surface area contributed by atoms with Gasteiger partial charge in [0.1, 0.15) is 11.5 Å². The Morgan fingerprint density at radius 3 is 2.35 bits per heavy atom. The van der Waals surface area contributed by atoms with Crippen LogP contribution in [0.4, 0.5) is 11.4 Å². The molecule has 0 radical (unpaired) electrons. The van der Waals surface area contributed by atoms with E-state index in [-0.39, 0.29) is 17.9 Å². The highest BCUT2D eigenvalue weighted by Crippen LogP contribution is 2.35. The predicted octanol–water partition coefficient (Wildman–Crippen LogP) is 3.14. The van der Waals surface area contributed by atoms with Gasteiger partial charge in [-0.15, -0.1) is 0 Å². The second-order valence-electron chi connectivity index (χ2n) is 6.87. The zero-order valence-electron chi connectivity index (χ0n) is 17.8. The first-order chi connectivity index (χ1) is 14.9. The van der Waals surface area contributed by atoms with Gasteiger partial charge < -0.3 is 19.5 Å². The van der Waals surface area contributed by atoms with Gasteiger partial charge in [-0.05, 0) is 31.2 Å². The minimum absolute atomic E-state index is 0.130. The quantitative estimate of drug-likeness (QED) is 0.716. The zero-order chi connectivity index (χ0) is 22.5. The molecule has 2 aromatic rings. The Labute approximate surface area is 180 Å². The van der Waals surface area contributed by atoms with Crippen LogP contribution in [0.25, 0.3) is 0 Å². The van der Waals surface area contributed by atoms with Gasteiger partial charge in [0, 0.05) is 23.9 Å². The summed E-state index contributed by atoms with van der Waals surface area (Å²) in [6.07, 6.45) is -0.186. The van der Waals surface area contributed by atoms with E-state index in [1.54, 1.807) is 49.4 Å². The third-order valence-electron chi connectivity index (χ3n) is 5.10. The van der Waals surface area contributed by atoms with Crippen molar-refractivity contribution < 1.29 is 28.6 Å². The van der Waals surface area contributed by atoms with Gasteiger partial charge in [0.25, 0.3) is 0 Å². The van der Waals surface area contributed by atoms with Crippen molar-refractivity contribution in [3.8, 4) is 11.5 Å². The predicted molar refractivity (Wildman–Crippen MR) is 115 cm³/mol. The molecule has 2 amide bonds. The molecule has 162 valence electrons. The van der Waals surface area contributed by atoms with Crippen LogP contribution in [0, 0.1) is 5.92 Å². The molecule has 0 bridgehead atoms. The average molecular weight is 424 g/mol. The summed E-state index contributed by atoms with van der Waals surface area (Å²) >= 11 is 0. The number of allylic oxidation sites excluding steroid dienone is 1. The summed E-state index contributed by atoms with van der Waals surface area (Å²) in [5.41, 5.74) is 1.46. The fourth-order valence-corrected chi connectivity index (χ4v) is 3.60. The second-order valence-corrected chi connectivity index (χ2v) is 6.87. The minimum Gasteiger partial charge on any atom is -0.497 e. The number of anilines is 2. The van der Waals surface area contributed by atoms with Crippen LogP contribution in [0.5, 0.6) is 11.5 Å². The van der Waals surface area contributed by atoms with Crippen molar-refractivity contribution in [3.05, 3.63) is 59.8 Å². The van der Waals surface area contributed by atoms with Crippen LogP contribution in [0.2, 0.25) is 0 Å². The van der Waals surface area contributed by atoms with Gasteiger partial charge in [-0.2, -0.15) is 0 Å². The lowest BCUT2D eigenvalue weighted by Gasteiger charge is -2.33. The van der Waals surface area contributed by atoms with Gasteiger partial charge in [-0.25, -0.2) is 4.79 Å². The molecule has 8 heteroatoms. The molecular weight excluding hydrogens is 400 g/mol. The summed E-state index contributed by atoms with van der Waals surface area (Å²) in [5, 5.41) is 2.75. The van der Waals surface area contributed by atoms with Gasteiger partial charge >= 0.3 is 5.97 Å². The van der Waals surface area contributed by atoms with E-state index in [9.17, 15) is 14.4 Å². The standard InChI is InChI=1S/C23H24N2O6/c1-14-21(23(28)31-4)17(13-20(26)25(14)15-8-6-5-7-9-15)22(27)24-18-12-16(29-2)10-11-19(18)30-3/h5-12,17H,13H2,1-4H3,(H,24,27)/t17-/m0/s1. The Bertz CT molecular complexity index is 1030. The van der Waals surface area contributed by atoms with Crippen molar-refractivity contribution in [1.29, 1.82) is 0 Å². The number of para-hydroxylation sites is 1. The number of carbonyl (C=O) groups is 3. The van der Waals surface area contributed by atoms with E-state index in [0.717, 1.165) is 0 Å². The maximum absolute atomic E-state index is 13.2. The number of esters is 1. The molecule has 0 saturated heterocycles. The Kier molecular flexibility index (Phi) is 6.59. The molecule has 0 aromatic heterocycles. The van der Waals surface area contributed by atoms with Crippen LogP contribution < -0.4 is 19.7 Å². The molecule has 1 aliphatic rings. The number of amides is 2. The van der Waals surface area contributed by atoms with E-state index >= 15 is 0 Å². The lowest BCUT2D eigenvalue weighted by atomic mass is 9.88. The molecule has 31 heavy (non-hydrogen) atoms. The zero-order valence-corrected chi connectivity index (χ0v) is 17.8. The number of benzene rings is 2. The molecule has 1 aliphatic heterocycles. The number of nitrogens with zero attached hydrogens (tertiary/aromatic N) is 1. The largest absolute Gasteiger partial charge is 0.497 e. The van der Waals surface area contributed by atoms with Crippen molar-refractivity contribution in [1.82, 2.24) is 0 Å². The molecule has 8 nitrogen and oxygen atoms in total. The van der Waals surface area contributed by atoms with Gasteiger partial charge in [-0.1, -0.05) is 18.2 Å². The number of carbonyl (C=O) groups excluding carboxylic acids is 3. The first kappa shape index (κ1) is 21.9. The summed E-state index contributed by atoms with van der Waals surface area (Å²) < 4.78 is 15.4. The van der Waals surface area contributed by atoms with Gasteiger partial charge in [0.2, 0.25) is 11.8 Å². The molecule has 2 aromatic carbocycles. The first-order valence-electron chi connectivity index (χ1n) is 9.61. The molecule has 0 unspecified atom stereocenters. The topological polar surface area (TPSA) is 94.2 Å². The highest BCUT2D eigenvalue weighted by Gasteiger charge is 2.40. The summed E-state index contributed by atoms with van der Waals surface area (Å²) in [5.74, 6) is -1.56. The average Bonchev–Trinajstić information content (AvgIpc) is 2.78. The molecule has 1 N–H and O–H groups in total. The number of methoxy groups -OCH3 is 3. The van der Waals surface area contributed by atoms with Crippen molar-refractivity contribution in [3.63, 3.8) is 0 Å². The molecule has 1 atom stereocenters. The third-order valence-corrected chi connectivity index (χ3v) is 5.10. The first-order valence-corrected chi connectivity index (χ1v) is 9.61. The molecule has 0 spiro atoms. The number of nitrogens with one attached hydrogen (secondary N) is 1. The molecule has 3 rings (SSSR count). The molecular formula is C23H24N2O6. The Morgan fingerprint density at radius 1 is 1.03 bits per heavy atom. The van der Waals surface area contributed by atoms with E-state index in [0.29, 0.717) is 28.6 Å². The number of rotatable bonds is 6. The van der Waals surface area contributed by atoms with Crippen LogP contribution in [-0.2, 0) is 19.1 Å². The van der Waals surface area contributed by atoms with Crippen LogP contribution in [0.15, 0.2) is 59.8 Å². The smallest absolute Gasteiger partial charge is 0.336 e. The van der Waals surface area contributed by atoms with E-state index < -0.39 is 17.8 Å². The Morgan fingerprint density at radius 2 is 1.74 bits per heavy atom. The van der Waals surface area contributed by atoms with Crippen molar-refractivity contribution in [2.75, 3.05) is 31.5 Å². The fourth-order valence-electron chi connectivity index (χ4n) is 3.60. The number of hydrogen-bond acceptors (Lipinski definition) is 6. The van der Waals surface area contributed by atoms with Gasteiger partial charge in [0.05, 0.1) is 38.5 Å². The van der Waals surface area contributed by atoms with E-state index in [4.69, 9.17) is 14.2 Å². The summed E-state index contributed by atoms with van der Waals surface area (Å²) in [4.78, 5) is 40.2. The number of hydrogen-bond donors (Lipinski definition) is 1. The van der Waals surface area contributed by atoms with E-state index in [1.807, 2.05) is 6.07 Å². The van der Waals surface area contributed by atoms with Crippen molar-refractivity contribution in [2.24, 2.45) is 5.92 Å². The summed E-state index contributed by atoms with van der Waals surface area (Å²) in [7, 11) is 4.22. The fraction of sp³-hybridized carbons (Fsp3) is 0.261. The molecule has 0 fully saturated rings. The van der Waals surface area contributed by atoms with Gasteiger partial charge in [0.15, 0.2) is 0 Å². The Balaban J connectivity index is 2.00. The maximum atomic E-state index is 13.2. The highest BCUT2D eigenvalue weighted by atomic mass is 16.5. The van der Waals surface area contributed by atoms with E-state index in [1.165, 1.54) is 26.2 Å². The SMILES string of the molecule is COC(=O)C1=C(C)N(c2ccccc2)C(=O)C[C@@H]1C(=O)Nc1cc(OC)ccc1OC. The molecule has 0 saturated carbocycles. The van der Waals surface area contributed by atoms with Crippen molar-refractivity contribution >= 4 is 29.2 Å². The minimum atomic E-state index is -1.02. The van der Waals surface area contributed by atoms with Crippen molar-refractivity contribution in [2.45, 2.75) is 13.3 Å². The highest BCUT2D eigenvalue weighted by molar-refractivity contribution is 6.10. The van der Waals surface area contributed by atoms with Gasteiger partial charge in [-0.3, -0.25) is 14.5 Å². The summed E-state index contributed by atoms with van der Waals surface area (Å²) in [6, 6.07) is 13.9. The van der Waals surface area contributed by atoms with Crippen LogP contribution >= 0.6 is 0 Å². The van der Waals surface area contributed by atoms with Crippen LogP contribution in [0.3, 0.4) is 0 Å².